The predicted molar refractivity (Wildman–Crippen MR) is 97.1 cm³/mol. The summed E-state index contributed by atoms with van der Waals surface area (Å²) in [5.41, 5.74) is 1.37. The quantitative estimate of drug-likeness (QED) is 0.557. The normalized spacial score (nSPS) is 11.7. The van der Waals surface area contributed by atoms with Gasteiger partial charge in [-0.1, -0.05) is 18.2 Å². The number of hydrogen-bond acceptors (Lipinski definition) is 5. The van der Waals surface area contributed by atoms with Crippen LogP contribution >= 0.6 is 0 Å². The van der Waals surface area contributed by atoms with Gasteiger partial charge in [0.2, 0.25) is 10.0 Å². The standard InChI is InChI=1S/C18H13N3O5S/c19-27(24,25)13-7-5-12(6-8-13)21-15(10-14(20-21)18(22)23)17-9-11-3-1-2-4-16(11)26-17/h1-10H,(H,22,23)(H2,19,24,25). The summed E-state index contributed by atoms with van der Waals surface area (Å²) in [5, 5.41) is 19.4. The maximum atomic E-state index is 11.4. The van der Waals surface area contributed by atoms with Gasteiger partial charge in [0.05, 0.1) is 10.6 Å². The highest BCUT2D eigenvalue weighted by Crippen LogP contribution is 2.30. The third-order valence-corrected chi connectivity index (χ3v) is 4.95. The number of carboxylic acids is 1. The van der Waals surface area contributed by atoms with Crippen molar-refractivity contribution in [2.45, 2.75) is 4.90 Å². The maximum Gasteiger partial charge on any atom is 0.356 e. The fraction of sp³-hybridized carbons (Fsp3) is 0. The highest BCUT2D eigenvalue weighted by molar-refractivity contribution is 7.89. The molecule has 2 aromatic heterocycles. The van der Waals surface area contributed by atoms with E-state index in [1.807, 2.05) is 18.2 Å². The summed E-state index contributed by atoms with van der Waals surface area (Å²) < 4.78 is 30.0. The van der Waals surface area contributed by atoms with Crippen molar-refractivity contribution in [3.63, 3.8) is 0 Å². The SMILES string of the molecule is NS(=O)(=O)c1ccc(-n2nc(C(=O)O)cc2-c2cc3ccccc3o2)cc1. The van der Waals surface area contributed by atoms with Gasteiger partial charge in [0.15, 0.2) is 11.5 Å². The summed E-state index contributed by atoms with van der Waals surface area (Å²) in [7, 11) is -3.83. The van der Waals surface area contributed by atoms with E-state index in [0.29, 0.717) is 22.7 Å². The number of aromatic nitrogens is 2. The Hall–Kier alpha value is -3.43. The number of furan rings is 1. The average Bonchev–Trinajstić information content (AvgIpc) is 3.25. The van der Waals surface area contributed by atoms with Crippen molar-refractivity contribution in [2.24, 2.45) is 5.14 Å². The molecule has 0 atom stereocenters. The van der Waals surface area contributed by atoms with Gasteiger partial charge < -0.3 is 9.52 Å². The van der Waals surface area contributed by atoms with Crippen molar-refractivity contribution < 1.29 is 22.7 Å². The first-order valence-corrected chi connectivity index (χ1v) is 9.33. The molecule has 8 nitrogen and oxygen atoms in total. The van der Waals surface area contributed by atoms with Crippen molar-refractivity contribution in [3.8, 4) is 17.1 Å². The summed E-state index contributed by atoms with van der Waals surface area (Å²) in [6, 6.07) is 16.2. The maximum absolute atomic E-state index is 11.4. The van der Waals surface area contributed by atoms with Crippen molar-refractivity contribution in [3.05, 3.63) is 66.4 Å². The third-order valence-electron chi connectivity index (χ3n) is 4.02. The van der Waals surface area contributed by atoms with Crippen LogP contribution in [0.25, 0.3) is 28.1 Å². The van der Waals surface area contributed by atoms with Crippen LogP contribution in [-0.2, 0) is 10.0 Å². The molecule has 0 spiro atoms. The van der Waals surface area contributed by atoms with Gasteiger partial charge in [-0.05, 0) is 36.4 Å². The number of para-hydroxylation sites is 1. The number of primary sulfonamides is 1. The zero-order valence-corrected chi connectivity index (χ0v) is 14.6. The smallest absolute Gasteiger partial charge is 0.356 e. The second-order valence-electron chi connectivity index (χ2n) is 5.82. The lowest BCUT2D eigenvalue weighted by atomic mass is 10.2. The number of fused-ring (bicyclic) bond motifs is 1. The molecule has 3 N–H and O–H groups in total. The number of hydrogen-bond donors (Lipinski definition) is 2. The van der Waals surface area contributed by atoms with Gasteiger partial charge in [-0.3, -0.25) is 0 Å². The molecule has 0 saturated heterocycles. The lowest BCUT2D eigenvalue weighted by Crippen LogP contribution is -2.12. The first-order chi connectivity index (χ1) is 12.8. The third kappa shape index (κ3) is 3.09. The zero-order chi connectivity index (χ0) is 19.2. The average molecular weight is 383 g/mol. The molecule has 0 bridgehead atoms. The Bertz CT molecular complexity index is 1240. The van der Waals surface area contributed by atoms with E-state index >= 15 is 0 Å². The molecule has 0 aliphatic heterocycles. The Labute approximate surface area is 153 Å². The summed E-state index contributed by atoms with van der Waals surface area (Å²) in [4.78, 5) is 11.3. The number of rotatable bonds is 4. The molecule has 0 fully saturated rings. The minimum atomic E-state index is -3.83. The van der Waals surface area contributed by atoms with Crippen LogP contribution in [0.15, 0.2) is 70.0 Å². The minimum Gasteiger partial charge on any atom is -0.476 e. The van der Waals surface area contributed by atoms with Gasteiger partial charge in [0, 0.05) is 11.5 Å². The van der Waals surface area contributed by atoms with Gasteiger partial charge in [0.1, 0.15) is 11.3 Å². The number of sulfonamides is 1. The van der Waals surface area contributed by atoms with Crippen molar-refractivity contribution in [2.75, 3.05) is 0 Å². The minimum absolute atomic E-state index is 0.0536. The summed E-state index contributed by atoms with van der Waals surface area (Å²) in [6.07, 6.45) is 0. The second-order valence-corrected chi connectivity index (χ2v) is 7.38. The number of benzene rings is 2. The van der Waals surface area contributed by atoms with Crippen LogP contribution in [0.5, 0.6) is 0 Å². The Balaban J connectivity index is 1.88. The molecule has 2 heterocycles. The molecule has 0 unspecified atom stereocenters. The molecule has 4 rings (SSSR count). The van der Waals surface area contributed by atoms with Gasteiger partial charge in [-0.25, -0.2) is 23.0 Å². The molecule has 136 valence electrons. The van der Waals surface area contributed by atoms with Crippen LogP contribution in [0, 0.1) is 0 Å². The molecule has 27 heavy (non-hydrogen) atoms. The topological polar surface area (TPSA) is 128 Å². The molecule has 0 amide bonds. The van der Waals surface area contributed by atoms with E-state index in [-0.39, 0.29) is 10.6 Å². The summed E-state index contributed by atoms with van der Waals surface area (Å²) in [5.74, 6) is -0.751. The van der Waals surface area contributed by atoms with Gasteiger partial charge in [-0.2, -0.15) is 5.10 Å². The number of carboxylic acid groups (broad SMARTS) is 1. The largest absolute Gasteiger partial charge is 0.476 e. The van der Waals surface area contributed by atoms with E-state index in [0.717, 1.165) is 5.39 Å². The van der Waals surface area contributed by atoms with E-state index in [9.17, 15) is 18.3 Å². The van der Waals surface area contributed by atoms with Crippen molar-refractivity contribution >= 4 is 27.0 Å². The number of nitrogens with zero attached hydrogens (tertiary/aromatic N) is 2. The highest BCUT2D eigenvalue weighted by Gasteiger charge is 2.19. The van der Waals surface area contributed by atoms with Crippen LogP contribution in [0.1, 0.15) is 10.5 Å². The van der Waals surface area contributed by atoms with Gasteiger partial charge in [0.25, 0.3) is 0 Å². The molecule has 0 saturated carbocycles. The number of aromatic carboxylic acids is 1. The van der Waals surface area contributed by atoms with Crippen molar-refractivity contribution in [1.82, 2.24) is 9.78 Å². The molecule has 9 heteroatoms. The Morgan fingerprint density at radius 1 is 1.07 bits per heavy atom. The van der Waals surface area contributed by atoms with Gasteiger partial charge >= 0.3 is 5.97 Å². The van der Waals surface area contributed by atoms with Crippen LogP contribution in [0.3, 0.4) is 0 Å². The Morgan fingerprint density at radius 3 is 2.41 bits per heavy atom. The fourth-order valence-corrected chi connectivity index (χ4v) is 3.26. The van der Waals surface area contributed by atoms with Gasteiger partial charge in [-0.15, -0.1) is 0 Å². The lowest BCUT2D eigenvalue weighted by Gasteiger charge is -2.06. The molecule has 0 aliphatic rings. The lowest BCUT2D eigenvalue weighted by molar-refractivity contribution is 0.0690. The molecule has 0 radical (unpaired) electrons. The first kappa shape index (κ1) is 17.0. The van der Waals surface area contributed by atoms with E-state index in [1.54, 1.807) is 12.1 Å². The fourth-order valence-electron chi connectivity index (χ4n) is 2.74. The first-order valence-electron chi connectivity index (χ1n) is 7.78. The molecule has 2 aromatic carbocycles. The van der Waals surface area contributed by atoms with E-state index < -0.39 is 16.0 Å². The van der Waals surface area contributed by atoms with Crippen LogP contribution < -0.4 is 5.14 Å². The van der Waals surface area contributed by atoms with E-state index in [1.165, 1.54) is 35.0 Å². The predicted octanol–water partition coefficient (Wildman–Crippen LogP) is 2.63. The molecule has 0 aliphatic carbocycles. The monoisotopic (exact) mass is 383 g/mol. The molecular weight excluding hydrogens is 370 g/mol. The second kappa shape index (κ2) is 6.08. The Kier molecular flexibility index (Phi) is 3.83. The van der Waals surface area contributed by atoms with E-state index in [2.05, 4.69) is 5.10 Å². The summed E-state index contributed by atoms with van der Waals surface area (Å²) in [6.45, 7) is 0. The van der Waals surface area contributed by atoms with Crippen LogP contribution in [0.2, 0.25) is 0 Å². The van der Waals surface area contributed by atoms with Crippen LogP contribution in [0.4, 0.5) is 0 Å². The Morgan fingerprint density at radius 2 is 1.78 bits per heavy atom. The highest BCUT2D eigenvalue weighted by atomic mass is 32.2. The zero-order valence-electron chi connectivity index (χ0n) is 13.7. The molecule has 4 aromatic rings. The number of nitrogens with two attached hydrogens (primary N) is 1. The van der Waals surface area contributed by atoms with Crippen molar-refractivity contribution in [1.29, 1.82) is 0 Å². The van der Waals surface area contributed by atoms with E-state index in [4.69, 9.17) is 9.56 Å². The summed E-state index contributed by atoms with van der Waals surface area (Å²) >= 11 is 0. The van der Waals surface area contributed by atoms with Crippen LogP contribution in [-0.4, -0.2) is 29.3 Å². The number of carbonyl (C=O) groups is 1. The molecular formula is C18H13N3O5S.